The third kappa shape index (κ3) is 15.7. The molecule has 0 radical (unpaired) electrons. The lowest BCUT2D eigenvalue weighted by Crippen LogP contribution is -2.55. The topological polar surface area (TPSA) is 230 Å². The van der Waals surface area contributed by atoms with Gasteiger partial charge in [-0.15, -0.1) is 0 Å². The van der Waals surface area contributed by atoms with Crippen molar-refractivity contribution in [2.75, 3.05) is 45.1 Å². The van der Waals surface area contributed by atoms with Crippen molar-refractivity contribution in [3.05, 3.63) is 182 Å². The van der Waals surface area contributed by atoms with Crippen LogP contribution in [0.25, 0.3) is 0 Å². The highest BCUT2D eigenvalue weighted by Crippen LogP contribution is 2.24. The van der Waals surface area contributed by atoms with E-state index in [1.165, 1.54) is 0 Å². The van der Waals surface area contributed by atoms with E-state index in [2.05, 4.69) is 31.9 Å². The molecule has 6 rings (SSSR count). The second-order valence-corrected chi connectivity index (χ2v) is 13.8. The molecular formula is C48H44N6O12. The van der Waals surface area contributed by atoms with Gasteiger partial charge in [0.25, 0.3) is 0 Å². The van der Waals surface area contributed by atoms with Gasteiger partial charge >= 0.3 is 36.6 Å². The lowest BCUT2D eigenvalue weighted by molar-refractivity contribution is -0.124. The van der Waals surface area contributed by atoms with Gasteiger partial charge in [0, 0.05) is 34.1 Å². The fraction of sp³-hybridized carbons (Fsp3) is 0.125. The van der Waals surface area contributed by atoms with E-state index in [0.717, 1.165) is 0 Å². The highest BCUT2D eigenvalue weighted by molar-refractivity contribution is 5.88. The number of ether oxygens (including phenoxy) is 6. The molecule has 0 aliphatic rings. The average molecular weight is 897 g/mol. The minimum absolute atomic E-state index is 0.259. The highest BCUT2D eigenvalue weighted by atomic mass is 16.7. The van der Waals surface area contributed by atoms with Crippen molar-refractivity contribution < 1.29 is 57.2 Å². The van der Waals surface area contributed by atoms with Crippen LogP contribution in [0, 0.1) is 0 Å². The van der Waals surface area contributed by atoms with Crippen molar-refractivity contribution >= 4 is 70.7 Å². The predicted molar refractivity (Wildman–Crippen MR) is 244 cm³/mol. The predicted octanol–water partition coefficient (Wildman–Crippen LogP) is 9.95. The summed E-state index contributed by atoms with van der Waals surface area (Å²) >= 11 is 0. The Labute approximate surface area is 378 Å². The fourth-order valence-corrected chi connectivity index (χ4v) is 5.96. The monoisotopic (exact) mass is 896 g/mol. The molecule has 6 amide bonds. The number of carbonyl (C=O) groups excluding carboxylic acids is 6. The Balaban J connectivity index is 1.41. The van der Waals surface area contributed by atoms with Crippen molar-refractivity contribution in [2.24, 2.45) is 0 Å². The van der Waals surface area contributed by atoms with Crippen LogP contribution in [0.5, 0.6) is 0 Å². The molecule has 0 bridgehead atoms. The van der Waals surface area contributed by atoms with Gasteiger partial charge in [-0.3, -0.25) is 31.9 Å². The number of amides is 6. The number of para-hydroxylation sites is 6. The van der Waals surface area contributed by atoms with Crippen molar-refractivity contribution in [3.63, 3.8) is 0 Å². The first-order valence-electron chi connectivity index (χ1n) is 20.3. The van der Waals surface area contributed by atoms with Gasteiger partial charge in [0.2, 0.25) is 0 Å². The van der Waals surface area contributed by atoms with Crippen LogP contribution in [0.1, 0.15) is 0 Å². The number of rotatable bonds is 17. The average Bonchev–Trinajstić information content (AvgIpc) is 3.32. The van der Waals surface area contributed by atoms with Gasteiger partial charge in [0.1, 0.15) is 13.2 Å². The number of benzene rings is 6. The number of carbonyl (C=O) groups is 6. The summed E-state index contributed by atoms with van der Waals surface area (Å²) in [6, 6.07) is 49.0. The molecule has 4 atom stereocenters. The summed E-state index contributed by atoms with van der Waals surface area (Å²) in [7, 11) is 0. The summed E-state index contributed by atoms with van der Waals surface area (Å²) in [6.07, 6.45) is -14.6. The SMILES string of the molecule is O=C(Nc1ccccc1)OCC(OC(=O)Nc1ccccc1)C(OC(=O)Nc1ccccc1)C(OC(=O)Nc1ccccc1)C(COC(=O)Nc1ccccc1)OC(=O)Nc1ccccc1. The molecule has 0 saturated carbocycles. The molecule has 0 aromatic heterocycles. The van der Waals surface area contributed by atoms with Crippen LogP contribution in [-0.4, -0.2) is 74.2 Å². The molecule has 18 nitrogen and oxygen atoms in total. The summed E-state index contributed by atoms with van der Waals surface area (Å²) in [5, 5.41) is 15.3. The van der Waals surface area contributed by atoms with Gasteiger partial charge in [-0.05, 0) is 72.8 Å². The van der Waals surface area contributed by atoms with Gasteiger partial charge in [-0.1, -0.05) is 109 Å². The van der Waals surface area contributed by atoms with E-state index in [1.807, 2.05) is 0 Å². The molecule has 0 saturated heterocycles. The minimum Gasteiger partial charge on any atom is -0.445 e. The first kappa shape index (κ1) is 46.4. The normalized spacial score (nSPS) is 12.2. The third-order valence-electron chi connectivity index (χ3n) is 8.94. The zero-order valence-corrected chi connectivity index (χ0v) is 34.9. The van der Waals surface area contributed by atoms with Gasteiger partial charge in [-0.2, -0.15) is 0 Å². The Morgan fingerprint density at radius 1 is 0.288 bits per heavy atom. The Morgan fingerprint density at radius 2 is 0.485 bits per heavy atom. The number of hydrogen-bond acceptors (Lipinski definition) is 12. The van der Waals surface area contributed by atoms with E-state index in [9.17, 15) is 28.8 Å². The number of hydrogen-bond donors (Lipinski definition) is 6. The Bertz CT molecular complexity index is 2300. The van der Waals surface area contributed by atoms with Crippen LogP contribution in [0.3, 0.4) is 0 Å². The van der Waals surface area contributed by atoms with Crippen molar-refractivity contribution in [2.45, 2.75) is 24.4 Å². The highest BCUT2D eigenvalue weighted by Gasteiger charge is 2.46. The molecule has 66 heavy (non-hydrogen) atoms. The number of nitrogens with one attached hydrogen (secondary N) is 6. The van der Waals surface area contributed by atoms with Gasteiger partial charge in [0.05, 0.1) is 0 Å². The molecule has 6 aromatic rings. The first-order valence-corrected chi connectivity index (χ1v) is 20.3. The number of anilines is 6. The van der Waals surface area contributed by atoms with Crippen LogP contribution < -0.4 is 31.9 Å². The second kappa shape index (κ2) is 24.5. The molecule has 0 aliphatic carbocycles. The molecule has 6 aromatic carbocycles. The standard InChI is InChI=1S/C48H44N6O12/c55-43(49-33-19-7-1-8-20-33)61-31-39(63-45(57)51-35-23-11-3-12-24-35)41(65-47(59)53-37-27-15-5-16-28-37)42(66-48(60)54-38-29-17-6-18-30-38)40(64-46(58)52-36-25-13-4-14-26-36)32-62-44(56)50-34-21-9-2-10-22-34/h1-30,39-42H,31-32H2,(H,49,55)(H,50,56)(H,51,57)(H,52,58)(H,53,59)(H,54,60). The summed E-state index contributed by atoms with van der Waals surface area (Å²) in [5.74, 6) is 0. The van der Waals surface area contributed by atoms with E-state index >= 15 is 0 Å². The van der Waals surface area contributed by atoms with E-state index in [4.69, 9.17) is 28.4 Å². The molecule has 6 N–H and O–H groups in total. The summed E-state index contributed by atoms with van der Waals surface area (Å²) in [5.41, 5.74) is 1.78. The molecular weight excluding hydrogens is 853 g/mol. The van der Waals surface area contributed by atoms with E-state index in [-0.39, 0.29) is 22.7 Å². The molecule has 18 heteroatoms. The Hall–Kier alpha value is -9.06. The molecule has 4 unspecified atom stereocenters. The second-order valence-electron chi connectivity index (χ2n) is 13.8. The van der Waals surface area contributed by atoms with Crippen molar-refractivity contribution in [3.8, 4) is 0 Å². The van der Waals surface area contributed by atoms with E-state index < -0.39 is 74.2 Å². The van der Waals surface area contributed by atoms with Crippen LogP contribution in [0.15, 0.2) is 182 Å². The summed E-state index contributed by atoms with van der Waals surface area (Å²) in [4.78, 5) is 81.9. The molecule has 0 aliphatic heterocycles. The lowest BCUT2D eigenvalue weighted by Gasteiger charge is -2.35. The van der Waals surface area contributed by atoms with E-state index in [0.29, 0.717) is 11.4 Å². The summed E-state index contributed by atoms with van der Waals surface area (Å²) in [6.45, 7) is -1.74. The van der Waals surface area contributed by atoms with Crippen LogP contribution in [0.2, 0.25) is 0 Å². The maximum Gasteiger partial charge on any atom is 0.412 e. The van der Waals surface area contributed by atoms with E-state index in [1.54, 1.807) is 182 Å². The lowest BCUT2D eigenvalue weighted by atomic mass is 10.0. The van der Waals surface area contributed by atoms with Crippen LogP contribution in [0.4, 0.5) is 62.9 Å². The zero-order chi connectivity index (χ0) is 46.4. The van der Waals surface area contributed by atoms with Crippen molar-refractivity contribution in [1.29, 1.82) is 0 Å². The van der Waals surface area contributed by atoms with Gasteiger partial charge in [0.15, 0.2) is 24.4 Å². The van der Waals surface area contributed by atoms with Crippen LogP contribution >= 0.6 is 0 Å². The van der Waals surface area contributed by atoms with Crippen LogP contribution in [-0.2, 0) is 28.4 Å². The minimum atomic E-state index is -2.04. The Morgan fingerprint density at radius 3 is 0.712 bits per heavy atom. The van der Waals surface area contributed by atoms with Crippen molar-refractivity contribution in [1.82, 2.24) is 0 Å². The maximum atomic E-state index is 13.9. The van der Waals surface area contributed by atoms with Gasteiger partial charge < -0.3 is 28.4 Å². The zero-order valence-electron chi connectivity index (χ0n) is 34.9. The maximum absolute atomic E-state index is 13.9. The third-order valence-corrected chi connectivity index (χ3v) is 8.94. The molecule has 0 heterocycles. The molecule has 0 fully saturated rings. The van der Waals surface area contributed by atoms with Gasteiger partial charge in [-0.25, -0.2) is 28.8 Å². The smallest absolute Gasteiger partial charge is 0.412 e. The molecule has 338 valence electrons. The fourth-order valence-electron chi connectivity index (χ4n) is 5.96. The summed E-state index contributed by atoms with van der Waals surface area (Å²) < 4.78 is 34.8. The quantitative estimate of drug-likeness (QED) is 0.0470. The first-order chi connectivity index (χ1) is 32.2. The largest absolute Gasteiger partial charge is 0.445 e. The Kier molecular flexibility index (Phi) is 17.3. The molecule has 0 spiro atoms.